The van der Waals surface area contributed by atoms with Crippen molar-refractivity contribution in [3.05, 3.63) is 80.5 Å². The van der Waals surface area contributed by atoms with E-state index in [9.17, 15) is 24.6 Å². The first kappa shape index (κ1) is 23.7. The molecule has 2 aromatic carbocycles. The lowest BCUT2D eigenvalue weighted by Gasteiger charge is -2.22. The average molecular weight is 521 g/mol. The fraction of sp³-hybridized carbons (Fsp3) is 0.154. The van der Waals surface area contributed by atoms with Crippen LogP contribution in [0.15, 0.2) is 53.4 Å². The highest BCUT2D eigenvalue weighted by atomic mass is 32.1. The summed E-state index contributed by atoms with van der Waals surface area (Å²) in [5, 5.41) is 22.8. The van der Waals surface area contributed by atoms with E-state index in [1.165, 1.54) is 35.5 Å². The highest BCUT2D eigenvalue weighted by molar-refractivity contribution is 7.22. The molecule has 2 N–H and O–H groups in total. The van der Waals surface area contributed by atoms with E-state index in [4.69, 9.17) is 4.74 Å². The zero-order chi connectivity index (χ0) is 25.7. The van der Waals surface area contributed by atoms with Gasteiger partial charge in [0, 0.05) is 4.88 Å². The number of thiophene rings is 1. The number of ether oxygens (including phenoxy) is 1. The highest BCUT2D eigenvalue weighted by Crippen LogP contribution is 2.46. The number of aliphatic hydroxyl groups is 1. The van der Waals surface area contributed by atoms with Crippen LogP contribution in [0.4, 0.5) is 5.13 Å². The quantitative estimate of drug-likeness (QED) is 0.208. The Kier molecular flexibility index (Phi) is 5.85. The monoisotopic (exact) mass is 520 g/mol. The number of benzene rings is 2. The van der Waals surface area contributed by atoms with E-state index in [0.29, 0.717) is 26.4 Å². The molecular formula is C26H20N2O6S2. The molecule has 0 radical (unpaired) electrons. The molecule has 1 atom stereocenters. The summed E-state index contributed by atoms with van der Waals surface area (Å²) in [5.41, 5.74) is 2.50. The third-order valence-electron chi connectivity index (χ3n) is 5.97. The maximum atomic E-state index is 13.4. The number of aryl methyl sites for hydroxylation is 2. The minimum absolute atomic E-state index is 0.0590. The molecule has 5 rings (SSSR count). The number of carboxylic acid groups (broad SMARTS) is 1. The van der Waals surface area contributed by atoms with Gasteiger partial charge in [0.15, 0.2) is 5.13 Å². The average Bonchev–Trinajstić information content (AvgIpc) is 3.56. The summed E-state index contributed by atoms with van der Waals surface area (Å²) in [6.07, 6.45) is 0. The maximum Gasteiger partial charge on any atom is 0.335 e. The summed E-state index contributed by atoms with van der Waals surface area (Å²) in [6.45, 7) is 3.70. The molecule has 1 aliphatic rings. The Hall–Kier alpha value is -4.02. The molecule has 0 bridgehead atoms. The first-order valence-corrected chi connectivity index (χ1v) is 12.5. The maximum absolute atomic E-state index is 13.4. The molecule has 4 aromatic rings. The summed E-state index contributed by atoms with van der Waals surface area (Å²) >= 11 is 2.45. The number of carbonyl (C=O) groups is 3. The Labute approximate surface area is 213 Å². The Bertz CT molecular complexity index is 1590. The van der Waals surface area contributed by atoms with Crippen molar-refractivity contribution in [1.29, 1.82) is 0 Å². The fourth-order valence-electron chi connectivity index (χ4n) is 4.44. The molecular weight excluding hydrogens is 500 g/mol. The number of carbonyl (C=O) groups excluding carboxylic acids is 2. The van der Waals surface area contributed by atoms with Gasteiger partial charge in [0.1, 0.15) is 17.6 Å². The van der Waals surface area contributed by atoms with E-state index in [0.717, 1.165) is 22.5 Å². The zero-order valence-electron chi connectivity index (χ0n) is 19.4. The zero-order valence-corrected chi connectivity index (χ0v) is 21.1. The van der Waals surface area contributed by atoms with Crippen LogP contribution >= 0.6 is 22.7 Å². The number of aromatic nitrogens is 1. The second-order valence-corrected chi connectivity index (χ2v) is 10.3. The Morgan fingerprint density at radius 2 is 1.89 bits per heavy atom. The van der Waals surface area contributed by atoms with Gasteiger partial charge in [-0.2, -0.15) is 0 Å². The predicted molar refractivity (Wildman–Crippen MR) is 138 cm³/mol. The van der Waals surface area contributed by atoms with Crippen molar-refractivity contribution in [3.8, 4) is 5.75 Å². The largest absolute Gasteiger partial charge is 0.507 e. The molecule has 1 amide bonds. The number of hydrogen-bond donors (Lipinski definition) is 2. The molecule has 1 fully saturated rings. The topological polar surface area (TPSA) is 117 Å². The molecule has 182 valence electrons. The summed E-state index contributed by atoms with van der Waals surface area (Å²) < 4.78 is 6.08. The van der Waals surface area contributed by atoms with Gasteiger partial charge in [-0.3, -0.25) is 14.5 Å². The third kappa shape index (κ3) is 3.75. The predicted octanol–water partition coefficient (Wildman–Crippen LogP) is 5.31. The minimum atomic E-state index is -1.08. The number of hydrogen-bond acceptors (Lipinski definition) is 8. The van der Waals surface area contributed by atoms with Gasteiger partial charge < -0.3 is 14.9 Å². The highest BCUT2D eigenvalue weighted by Gasteiger charge is 2.49. The van der Waals surface area contributed by atoms with E-state index < -0.39 is 23.7 Å². The Morgan fingerprint density at radius 3 is 2.56 bits per heavy atom. The smallest absolute Gasteiger partial charge is 0.335 e. The lowest BCUT2D eigenvalue weighted by molar-refractivity contribution is -0.132. The van der Waals surface area contributed by atoms with Crippen molar-refractivity contribution >= 4 is 61.4 Å². The van der Waals surface area contributed by atoms with Crippen LogP contribution in [-0.2, 0) is 9.59 Å². The van der Waals surface area contributed by atoms with E-state index in [1.807, 2.05) is 25.3 Å². The SMILES string of the molecule is COc1c(C)cc(C)cc1/C(O)=C1\C(=O)C(=O)N(c2nc3ccc(C(=O)O)cc3s2)C1c1cccs1. The van der Waals surface area contributed by atoms with E-state index in [2.05, 4.69) is 4.98 Å². The van der Waals surface area contributed by atoms with Gasteiger partial charge in [-0.1, -0.05) is 23.5 Å². The van der Waals surface area contributed by atoms with Gasteiger partial charge in [0.05, 0.1) is 34.0 Å². The molecule has 8 nitrogen and oxygen atoms in total. The molecule has 3 heterocycles. The van der Waals surface area contributed by atoms with E-state index >= 15 is 0 Å². The Balaban J connectivity index is 1.73. The Morgan fingerprint density at radius 1 is 1.11 bits per heavy atom. The fourth-order valence-corrected chi connectivity index (χ4v) is 6.30. The normalized spacial score (nSPS) is 17.2. The lowest BCUT2D eigenvalue weighted by Crippen LogP contribution is -2.28. The van der Waals surface area contributed by atoms with Crippen molar-refractivity contribution < 1.29 is 29.3 Å². The number of anilines is 1. The van der Waals surface area contributed by atoms with Crippen LogP contribution in [0.3, 0.4) is 0 Å². The molecule has 0 saturated carbocycles. The number of thiazole rings is 1. The number of ketones is 1. The van der Waals surface area contributed by atoms with Crippen LogP contribution in [0.2, 0.25) is 0 Å². The van der Waals surface area contributed by atoms with E-state index in [-0.39, 0.29) is 22.0 Å². The number of carboxylic acids is 1. The molecule has 1 aliphatic heterocycles. The molecule has 10 heteroatoms. The number of aliphatic hydroxyl groups excluding tert-OH is 1. The van der Waals surface area contributed by atoms with Gasteiger partial charge in [0.2, 0.25) is 0 Å². The first-order chi connectivity index (χ1) is 17.2. The molecule has 1 saturated heterocycles. The first-order valence-electron chi connectivity index (χ1n) is 10.8. The van der Waals surface area contributed by atoms with Gasteiger partial charge in [-0.15, -0.1) is 11.3 Å². The van der Waals surface area contributed by atoms with Gasteiger partial charge >= 0.3 is 11.9 Å². The third-order valence-corrected chi connectivity index (χ3v) is 7.91. The number of methoxy groups -OCH3 is 1. The molecule has 36 heavy (non-hydrogen) atoms. The number of aromatic carboxylic acids is 1. The van der Waals surface area contributed by atoms with Crippen molar-refractivity contribution in [2.24, 2.45) is 0 Å². The van der Waals surface area contributed by atoms with E-state index in [1.54, 1.807) is 24.3 Å². The van der Waals surface area contributed by atoms with Gasteiger partial charge in [-0.25, -0.2) is 9.78 Å². The van der Waals surface area contributed by atoms with Crippen molar-refractivity contribution in [2.75, 3.05) is 12.0 Å². The summed E-state index contributed by atoms with van der Waals surface area (Å²) in [6, 6.07) is 10.8. The number of rotatable bonds is 5. The number of nitrogens with zero attached hydrogens (tertiary/aromatic N) is 2. The summed E-state index contributed by atoms with van der Waals surface area (Å²) in [5.74, 6) is -2.65. The van der Waals surface area contributed by atoms with Crippen molar-refractivity contribution in [2.45, 2.75) is 19.9 Å². The summed E-state index contributed by atoms with van der Waals surface area (Å²) in [4.78, 5) is 44.6. The van der Waals surface area contributed by atoms with Gasteiger partial charge in [-0.05, 0) is 60.7 Å². The van der Waals surface area contributed by atoms with Crippen LogP contribution in [0.5, 0.6) is 5.75 Å². The second-order valence-electron chi connectivity index (χ2n) is 8.33. The summed E-state index contributed by atoms with van der Waals surface area (Å²) in [7, 11) is 1.48. The van der Waals surface area contributed by atoms with Crippen LogP contribution in [0.1, 0.15) is 38.0 Å². The number of Topliss-reactive ketones (excluding diaryl/α,β-unsaturated/α-hetero) is 1. The molecule has 0 aliphatic carbocycles. The van der Waals surface area contributed by atoms with Crippen LogP contribution in [0.25, 0.3) is 16.0 Å². The van der Waals surface area contributed by atoms with Crippen molar-refractivity contribution in [3.63, 3.8) is 0 Å². The van der Waals surface area contributed by atoms with Gasteiger partial charge in [0.25, 0.3) is 5.78 Å². The second kappa shape index (κ2) is 8.89. The minimum Gasteiger partial charge on any atom is -0.507 e. The van der Waals surface area contributed by atoms with Crippen LogP contribution in [-0.4, -0.2) is 40.0 Å². The standard InChI is InChI=1S/C26H20N2O6S2/c1-12-9-13(2)23(34-3)15(10-12)21(29)19-20(17-5-4-8-35-17)28(24(31)22(19)30)26-27-16-7-6-14(25(32)33)11-18(16)36-26/h4-11,20,29H,1-3H3,(H,32,33)/b21-19+. The molecule has 2 aromatic heterocycles. The van der Waals surface area contributed by atoms with Crippen molar-refractivity contribution in [1.82, 2.24) is 4.98 Å². The number of fused-ring (bicyclic) bond motifs is 1. The molecule has 0 spiro atoms. The number of amides is 1. The van der Waals surface area contributed by atoms with Crippen LogP contribution < -0.4 is 9.64 Å². The lowest BCUT2D eigenvalue weighted by atomic mass is 9.97. The van der Waals surface area contributed by atoms with Crippen LogP contribution in [0, 0.1) is 13.8 Å². The molecule has 1 unspecified atom stereocenters.